The molecule has 2 aliphatic carbocycles. The van der Waals surface area contributed by atoms with E-state index in [0.29, 0.717) is 12.2 Å². The van der Waals surface area contributed by atoms with Crippen LogP contribution in [0.25, 0.3) is 0 Å². The number of allylic oxidation sites excluding steroid dienone is 3. The number of anilines is 2. The van der Waals surface area contributed by atoms with E-state index in [1.165, 1.54) is 42.6 Å². The first-order chi connectivity index (χ1) is 22.5. The number of ether oxygens (including phenoxy) is 1. The average molecular weight is 662 g/mol. The van der Waals surface area contributed by atoms with Gasteiger partial charge >= 0.3 is 0 Å². The van der Waals surface area contributed by atoms with E-state index in [4.69, 9.17) is 16.3 Å². The summed E-state index contributed by atoms with van der Waals surface area (Å²) in [7, 11) is 0. The van der Waals surface area contributed by atoms with Gasteiger partial charge in [0.1, 0.15) is 29.5 Å². The zero-order valence-corrected chi connectivity index (χ0v) is 25.4. The molecule has 0 radical (unpaired) electrons. The second-order valence-electron chi connectivity index (χ2n) is 11.4. The fourth-order valence-corrected chi connectivity index (χ4v) is 6.18. The highest BCUT2D eigenvalue weighted by atomic mass is 35.5. The normalized spacial score (nSPS) is 20.6. The SMILES string of the molecule is N#Cc1ccnc(N2C(=O)[C@@H](OC3=CC=CC3)C[C@H]2C(=O)N(c2cccc(F)c2)[C@H](C(=O)NC2CC(F)(F)C2)c2ccccc2Cl)c1. The highest BCUT2D eigenvalue weighted by Crippen LogP contribution is 2.40. The van der Waals surface area contributed by atoms with Crippen molar-refractivity contribution in [2.45, 2.75) is 55.8 Å². The first-order valence-electron chi connectivity index (χ1n) is 14.8. The lowest BCUT2D eigenvalue weighted by atomic mass is 9.87. The lowest BCUT2D eigenvalue weighted by Crippen LogP contribution is -2.56. The summed E-state index contributed by atoms with van der Waals surface area (Å²) >= 11 is 6.57. The Bertz CT molecular complexity index is 1840. The highest BCUT2D eigenvalue weighted by molar-refractivity contribution is 6.31. The molecule has 3 aromatic rings. The van der Waals surface area contributed by atoms with Gasteiger partial charge in [0.2, 0.25) is 5.91 Å². The minimum absolute atomic E-state index is 0.00772. The Morgan fingerprint density at radius 2 is 1.94 bits per heavy atom. The number of nitrogens with zero attached hydrogens (tertiary/aromatic N) is 4. The number of carbonyl (C=O) groups excluding carboxylic acids is 3. The first-order valence-corrected chi connectivity index (χ1v) is 15.2. The summed E-state index contributed by atoms with van der Waals surface area (Å²) in [6.45, 7) is 0. The third-order valence-corrected chi connectivity index (χ3v) is 8.51. The van der Waals surface area contributed by atoms with Crippen molar-refractivity contribution < 1.29 is 32.3 Å². The van der Waals surface area contributed by atoms with Crippen molar-refractivity contribution in [3.8, 4) is 6.07 Å². The molecule has 6 rings (SSSR count). The Hall–Kier alpha value is -5.15. The van der Waals surface area contributed by atoms with Gasteiger partial charge in [-0.25, -0.2) is 18.2 Å². The van der Waals surface area contributed by atoms with Gasteiger partial charge in [0.05, 0.1) is 11.6 Å². The van der Waals surface area contributed by atoms with Crippen molar-refractivity contribution in [1.82, 2.24) is 10.3 Å². The van der Waals surface area contributed by atoms with Crippen molar-refractivity contribution >= 4 is 40.8 Å². The van der Waals surface area contributed by atoms with Crippen LogP contribution in [0.15, 0.2) is 90.8 Å². The lowest BCUT2D eigenvalue weighted by Gasteiger charge is -2.39. The van der Waals surface area contributed by atoms with Gasteiger partial charge < -0.3 is 10.1 Å². The molecular weight excluding hydrogens is 635 g/mol. The number of amides is 3. The number of rotatable bonds is 9. The summed E-state index contributed by atoms with van der Waals surface area (Å²) in [5, 5.41) is 12.2. The van der Waals surface area contributed by atoms with Crippen LogP contribution in [0.1, 0.15) is 42.9 Å². The number of alkyl halides is 2. The molecule has 1 N–H and O–H groups in total. The molecule has 1 aromatic heterocycles. The van der Waals surface area contributed by atoms with Crippen molar-refractivity contribution in [2.75, 3.05) is 9.80 Å². The Morgan fingerprint density at radius 3 is 2.62 bits per heavy atom. The topological polar surface area (TPSA) is 116 Å². The molecule has 0 bridgehead atoms. The number of hydrogen-bond donors (Lipinski definition) is 1. The standard InChI is InChI=1S/C34H27ClF3N5O4/c35-26-11-4-3-10-25(26)30(31(44)41-22-17-34(37,38)18-22)42(23-7-5-6-21(36)15-23)32(45)27-16-28(47-24-8-1-2-9-24)33(46)43(27)29-14-20(19-39)12-13-40-29/h1-8,10-15,22,27-28,30H,9,16-18H2,(H,41,44)/t27-,28-,30-/m0/s1. The summed E-state index contributed by atoms with van der Waals surface area (Å²) in [6, 6.07) is 12.1. The molecule has 47 heavy (non-hydrogen) atoms. The molecule has 13 heteroatoms. The number of pyridine rings is 1. The van der Waals surface area contributed by atoms with E-state index < -0.39 is 66.5 Å². The van der Waals surface area contributed by atoms with Crippen LogP contribution in [0, 0.1) is 17.1 Å². The fraction of sp³-hybridized carbons (Fsp3) is 0.265. The van der Waals surface area contributed by atoms with Gasteiger partial charge in [-0.3, -0.25) is 24.2 Å². The minimum Gasteiger partial charge on any atom is -0.485 e. The summed E-state index contributed by atoms with van der Waals surface area (Å²) in [4.78, 5) is 49.3. The zero-order chi connectivity index (χ0) is 33.3. The number of hydrogen-bond acceptors (Lipinski definition) is 6. The zero-order valence-electron chi connectivity index (χ0n) is 24.7. The van der Waals surface area contributed by atoms with Crippen molar-refractivity contribution in [3.05, 3.63) is 113 Å². The molecule has 2 aromatic carbocycles. The van der Waals surface area contributed by atoms with E-state index in [1.54, 1.807) is 24.3 Å². The average Bonchev–Trinajstić information content (AvgIpc) is 3.67. The van der Waals surface area contributed by atoms with Gasteiger partial charge in [0.25, 0.3) is 17.7 Å². The van der Waals surface area contributed by atoms with Crippen LogP contribution in [-0.4, -0.2) is 46.8 Å². The predicted molar refractivity (Wildman–Crippen MR) is 166 cm³/mol. The number of nitriles is 1. The van der Waals surface area contributed by atoms with Crippen LogP contribution in [0.5, 0.6) is 0 Å². The highest BCUT2D eigenvalue weighted by Gasteiger charge is 2.51. The van der Waals surface area contributed by atoms with Gasteiger partial charge in [-0.2, -0.15) is 5.26 Å². The number of aromatic nitrogens is 1. The van der Waals surface area contributed by atoms with Crippen molar-refractivity contribution in [2.24, 2.45) is 0 Å². The third-order valence-electron chi connectivity index (χ3n) is 8.17. The van der Waals surface area contributed by atoms with Gasteiger partial charge in [-0.1, -0.05) is 48.0 Å². The molecular formula is C34H27ClF3N5O4. The van der Waals surface area contributed by atoms with Crippen LogP contribution in [0.2, 0.25) is 5.02 Å². The van der Waals surface area contributed by atoms with Crippen LogP contribution in [0.3, 0.4) is 0 Å². The molecule has 9 nitrogen and oxygen atoms in total. The minimum atomic E-state index is -2.94. The maximum atomic E-state index is 14.9. The lowest BCUT2D eigenvalue weighted by molar-refractivity contribution is -0.133. The third kappa shape index (κ3) is 6.57. The van der Waals surface area contributed by atoms with E-state index >= 15 is 0 Å². The quantitative estimate of drug-likeness (QED) is 0.312. The number of nitrogens with one attached hydrogen (secondary N) is 1. The van der Waals surface area contributed by atoms with Crippen LogP contribution in [0.4, 0.5) is 24.7 Å². The predicted octanol–water partition coefficient (Wildman–Crippen LogP) is 5.77. The molecule has 2 heterocycles. The second kappa shape index (κ2) is 12.9. The summed E-state index contributed by atoms with van der Waals surface area (Å²) in [5.74, 6) is -5.43. The van der Waals surface area contributed by atoms with E-state index in [9.17, 15) is 32.8 Å². The van der Waals surface area contributed by atoms with Gasteiger partial charge in [-0.05, 0) is 42.5 Å². The van der Waals surface area contributed by atoms with Gasteiger partial charge in [-0.15, -0.1) is 0 Å². The second-order valence-corrected chi connectivity index (χ2v) is 11.8. The van der Waals surface area contributed by atoms with E-state index in [2.05, 4.69) is 10.3 Å². The molecule has 3 aliphatic rings. The summed E-state index contributed by atoms with van der Waals surface area (Å²) in [6.07, 6.45) is 4.56. The Kier molecular flexibility index (Phi) is 8.75. The maximum absolute atomic E-state index is 14.9. The molecule has 1 saturated carbocycles. The molecule has 0 unspecified atom stereocenters. The van der Waals surface area contributed by atoms with Crippen molar-refractivity contribution in [3.63, 3.8) is 0 Å². The monoisotopic (exact) mass is 661 g/mol. The molecule has 3 atom stereocenters. The molecule has 1 aliphatic heterocycles. The number of benzene rings is 2. The summed E-state index contributed by atoms with van der Waals surface area (Å²) in [5.41, 5.74) is 0.270. The molecule has 1 saturated heterocycles. The van der Waals surface area contributed by atoms with E-state index in [0.717, 1.165) is 21.9 Å². The van der Waals surface area contributed by atoms with Gasteiger partial charge in [0, 0.05) is 54.2 Å². The molecule has 0 spiro atoms. The van der Waals surface area contributed by atoms with E-state index in [1.807, 2.05) is 12.1 Å². The summed E-state index contributed by atoms with van der Waals surface area (Å²) < 4.78 is 48.2. The number of halogens is 4. The van der Waals surface area contributed by atoms with E-state index in [-0.39, 0.29) is 34.1 Å². The number of carbonyl (C=O) groups is 3. The Labute approximate surface area is 272 Å². The molecule has 240 valence electrons. The smallest absolute Gasteiger partial charge is 0.270 e. The van der Waals surface area contributed by atoms with Crippen molar-refractivity contribution in [1.29, 1.82) is 5.26 Å². The Balaban J connectivity index is 1.46. The largest absolute Gasteiger partial charge is 0.485 e. The van der Waals surface area contributed by atoms with Crippen LogP contribution < -0.4 is 15.1 Å². The van der Waals surface area contributed by atoms with Crippen LogP contribution in [-0.2, 0) is 19.1 Å². The maximum Gasteiger partial charge on any atom is 0.270 e. The first kappa shape index (κ1) is 31.8. The Morgan fingerprint density at radius 1 is 1.15 bits per heavy atom. The molecule has 2 fully saturated rings. The van der Waals surface area contributed by atoms with Crippen LogP contribution >= 0.6 is 11.6 Å². The molecule has 3 amide bonds. The van der Waals surface area contributed by atoms with Gasteiger partial charge in [0.15, 0.2) is 6.10 Å². The fourth-order valence-electron chi connectivity index (χ4n) is 5.95.